The van der Waals surface area contributed by atoms with E-state index in [2.05, 4.69) is 21.1 Å². The predicted octanol–water partition coefficient (Wildman–Crippen LogP) is 4.50. The maximum Gasteiger partial charge on any atom is 0.237 e. The molecule has 1 fully saturated rings. The van der Waals surface area contributed by atoms with Gasteiger partial charge in [-0.25, -0.2) is 13.4 Å². The number of thiazole rings is 1. The third-order valence-electron chi connectivity index (χ3n) is 5.37. The normalized spacial score (nSPS) is 13.9. The van der Waals surface area contributed by atoms with Gasteiger partial charge in [-0.2, -0.15) is 5.26 Å². The zero-order valence-electron chi connectivity index (χ0n) is 17.6. The standard InChI is InChI=1S/C23H22N4O3S2/c1-23(2,20-14-31-22(26-20)27-32(29,30)19-10-11-19)21(28)25-18-8-6-16(7-9-18)17-5-3-4-15(12-17)13-24/h3-9,12,14,19H,10-11H2,1-2H3,(H,25,28)(H,26,27). The third kappa shape index (κ3) is 4.66. The van der Waals surface area contributed by atoms with E-state index >= 15 is 0 Å². The lowest BCUT2D eigenvalue weighted by atomic mass is 9.89. The van der Waals surface area contributed by atoms with E-state index < -0.39 is 15.4 Å². The monoisotopic (exact) mass is 466 g/mol. The van der Waals surface area contributed by atoms with E-state index in [1.165, 1.54) is 11.3 Å². The Hall–Kier alpha value is -3.22. The molecule has 1 heterocycles. The van der Waals surface area contributed by atoms with Crippen LogP contribution in [0, 0.1) is 11.3 Å². The molecule has 7 nitrogen and oxygen atoms in total. The van der Waals surface area contributed by atoms with Crippen molar-refractivity contribution in [2.24, 2.45) is 0 Å². The summed E-state index contributed by atoms with van der Waals surface area (Å²) in [6.45, 7) is 3.50. The van der Waals surface area contributed by atoms with Gasteiger partial charge < -0.3 is 5.32 Å². The van der Waals surface area contributed by atoms with Crippen LogP contribution in [-0.4, -0.2) is 24.6 Å². The molecule has 0 radical (unpaired) electrons. The number of hydrogen-bond acceptors (Lipinski definition) is 6. The molecule has 2 N–H and O–H groups in total. The van der Waals surface area contributed by atoms with Gasteiger partial charge in [0.25, 0.3) is 0 Å². The number of nitriles is 1. The molecule has 3 aromatic rings. The molecule has 0 saturated heterocycles. The quantitative estimate of drug-likeness (QED) is 0.532. The molecule has 0 aliphatic heterocycles. The van der Waals surface area contributed by atoms with E-state index in [1.54, 1.807) is 37.4 Å². The van der Waals surface area contributed by atoms with Gasteiger partial charge in [-0.1, -0.05) is 24.3 Å². The van der Waals surface area contributed by atoms with Crippen molar-refractivity contribution in [3.8, 4) is 17.2 Å². The predicted molar refractivity (Wildman–Crippen MR) is 126 cm³/mol. The number of rotatable bonds is 7. The Bertz CT molecular complexity index is 1300. The number of nitrogens with zero attached hydrogens (tertiary/aromatic N) is 2. The molecule has 1 aromatic heterocycles. The lowest BCUT2D eigenvalue weighted by Gasteiger charge is -2.21. The van der Waals surface area contributed by atoms with Crippen molar-refractivity contribution in [3.05, 3.63) is 65.2 Å². The van der Waals surface area contributed by atoms with Crippen LogP contribution in [0.5, 0.6) is 0 Å². The summed E-state index contributed by atoms with van der Waals surface area (Å²) in [5.41, 5.74) is 2.62. The van der Waals surface area contributed by atoms with Crippen molar-refractivity contribution >= 4 is 38.1 Å². The Balaban J connectivity index is 1.45. The second-order valence-electron chi connectivity index (χ2n) is 8.23. The minimum atomic E-state index is -3.39. The fourth-order valence-electron chi connectivity index (χ4n) is 3.11. The molecule has 0 spiro atoms. The van der Waals surface area contributed by atoms with Gasteiger partial charge in [-0.15, -0.1) is 11.3 Å². The van der Waals surface area contributed by atoms with Crippen LogP contribution in [0.15, 0.2) is 53.9 Å². The van der Waals surface area contributed by atoms with Gasteiger partial charge in [0, 0.05) is 11.1 Å². The highest BCUT2D eigenvalue weighted by Gasteiger charge is 2.37. The first kappa shape index (κ1) is 22.0. The highest BCUT2D eigenvalue weighted by molar-refractivity contribution is 7.93. The summed E-state index contributed by atoms with van der Waals surface area (Å²) in [4.78, 5) is 17.3. The summed E-state index contributed by atoms with van der Waals surface area (Å²) in [6.07, 6.45) is 1.34. The molecule has 1 amide bonds. The van der Waals surface area contributed by atoms with Crippen molar-refractivity contribution in [1.29, 1.82) is 5.26 Å². The lowest BCUT2D eigenvalue weighted by Crippen LogP contribution is -2.35. The fraction of sp³-hybridized carbons (Fsp3) is 0.261. The SMILES string of the molecule is CC(C)(C(=O)Nc1ccc(-c2cccc(C#N)c2)cc1)c1csc(NS(=O)(=O)C2CC2)n1. The molecule has 9 heteroatoms. The molecule has 1 aliphatic carbocycles. The molecule has 1 saturated carbocycles. The van der Waals surface area contributed by atoms with E-state index in [9.17, 15) is 13.2 Å². The molecule has 4 rings (SSSR count). The van der Waals surface area contributed by atoms with E-state index in [0.717, 1.165) is 11.1 Å². The Kier molecular flexibility index (Phi) is 5.75. The molecule has 0 bridgehead atoms. The average molecular weight is 467 g/mol. The van der Waals surface area contributed by atoms with E-state index in [4.69, 9.17) is 5.26 Å². The van der Waals surface area contributed by atoms with Gasteiger partial charge in [0.1, 0.15) is 0 Å². The lowest BCUT2D eigenvalue weighted by molar-refractivity contribution is -0.120. The average Bonchev–Trinajstić information content (AvgIpc) is 3.54. The first-order chi connectivity index (χ1) is 15.2. The molecule has 32 heavy (non-hydrogen) atoms. The summed E-state index contributed by atoms with van der Waals surface area (Å²) in [5.74, 6) is -0.251. The van der Waals surface area contributed by atoms with E-state index in [-0.39, 0.29) is 16.3 Å². The first-order valence-corrected chi connectivity index (χ1v) is 12.5. The van der Waals surface area contributed by atoms with Gasteiger partial charge in [-0.3, -0.25) is 9.52 Å². The van der Waals surface area contributed by atoms with Crippen LogP contribution in [0.2, 0.25) is 0 Å². The number of anilines is 2. The van der Waals surface area contributed by atoms with Crippen molar-refractivity contribution in [2.75, 3.05) is 10.0 Å². The fourth-order valence-corrected chi connectivity index (χ4v) is 5.58. The zero-order chi connectivity index (χ0) is 22.9. The number of hydrogen-bond donors (Lipinski definition) is 2. The summed E-state index contributed by atoms with van der Waals surface area (Å²) in [5, 5.41) is 13.6. The minimum absolute atomic E-state index is 0.251. The number of benzene rings is 2. The Morgan fingerprint density at radius 1 is 1.16 bits per heavy atom. The summed E-state index contributed by atoms with van der Waals surface area (Å²) in [6, 6.07) is 16.8. The number of carbonyl (C=O) groups excluding carboxylic acids is 1. The number of carbonyl (C=O) groups is 1. The van der Waals surface area contributed by atoms with Crippen molar-refractivity contribution in [1.82, 2.24) is 4.98 Å². The summed E-state index contributed by atoms with van der Waals surface area (Å²) < 4.78 is 26.8. The molecule has 1 aliphatic rings. The van der Waals surface area contributed by atoms with Crippen LogP contribution in [-0.2, 0) is 20.2 Å². The smallest absolute Gasteiger partial charge is 0.237 e. The van der Waals surface area contributed by atoms with Crippen LogP contribution in [0.25, 0.3) is 11.1 Å². The highest BCUT2D eigenvalue weighted by atomic mass is 32.2. The largest absolute Gasteiger partial charge is 0.325 e. The molecule has 164 valence electrons. The van der Waals surface area contributed by atoms with Gasteiger partial charge >= 0.3 is 0 Å². The number of sulfonamides is 1. The number of amides is 1. The molecular weight excluding hydrogens is 444 g/mol. The van der Waals surface area contributed by atoms with Gasteiger partial charge in [-0.05, 0) is 62.1 Å². The maximum atomic E-state index is 13.0. The molecular formula is C23H22N4O3S2. The number of aromatic nitrogens is 1. The zero-order valence-corrected chi connectivity index (χ0v) is 19.3. The van der Waals surface area contributed by atoms with E-state index in [1.807, 2.05) is 30.3 Å². The summed E-state index contributed by atoms with van der Waals surface area (Å²) in [7, 11) is -3.39. The minimum Gasteiger partial charge on any atom is -0.325 e. The molecule has 0 unspecified atom stereocenters. The van der Waals surface area contributed by atoms with Gasteiger partial charge in [0.05, 0.1) is 28.0 Å². The molecule has 2 aromatic carbocycles. The first-order valence-electron chi connectivity index (χ1n) is 10.1. The van der Waals surface area contributed by atoms with Crippen LogP contribution in [0.3, 0.4) is 0 Å². The van der Waals surface area contributed by atoms with Crippen molar-refractivity contribution in [2.45, 2.75) is 37.4 Å². The number of nitrogens with one attached hydrogen (secondary N) is 2. The maximum absolute atomic E-state index is 13.0. The third-order valence-corrected chi connectivity index (χ3v) is 8.09. The van der Waals surface area contributed by atoms with Crippen molar-refractivity contribution < 1.29 is 13.2 Å². The summed E-state index contributed by atoms with van der Waals surface area (Å²) >= 11 is 1.17. The van der Waals surface area contributed by atoms with Crippen LogP contribution in [0.4, 0.5) is 10.8 Å². The highest BCUT2D eigenvalue weighted by Crippen LogP contribution is 2.33. The molecule has 0 atom stereocenters. The van der Waals surface area contributed by atoms with E-state index in [0.29, 0.717) is 29.8 Å². The van der Waals surface area contributed by atoms with Gasteiger partial charge in [0.2, 0.25) is 15.9 Å². The Labute approximate surface area is 191 Å². The Morgan fingerprint density at radius 2 is 1.88 bits per heavy atom. The van der Waals surface area contributed by atoms with Crippen LogP contribution < -0.4 is 10.0 Å². The second-order valence-corrected chi connectivity index (χ2v) is 11.1. The van der Waals surface area contributed by atoms with Crippen molar-refractivity contribution in [3.63, 3.8) is 0 Å². The van der Waals surface area contributed by atoms with Crippen LogP contribution in [0.1, 0.15) is 37.9 Å². The van der Waals surface area contributed by atoms with Gasteiger partial charge in [0.15, 0.2) is 5.13 Å². The topological polar surface area (TPSA) is 112 Å². The Morgan fingerprint density at radius 3 is 2.53 bits per heavy atom. The second kappa shape index (κ2) is 8.37. The van der Waals surface area contributed by atoms with Crippen LogP contribution >= 0.6 is 11.3 Å².